The molecular weight excluding hydrogens is 323 g/mol. The number of piperidine rings is 1. The first-order valence-corrected chi connectivity index (χ1v) is 9.69. The summed E-state index contributed by atoms with van der Waals surface area (Å²) in [7, 11) is 1.81. The molecule has 1 aliphatic heterocycles. The fourth-order valence-electron chi connectivity index (χ4n) is 2.71. The Bertz CT molecular complexity index is 554. The van der Waals surface area contributed by atoms with E-state index < -0.39 is 0 Å². The van der Waals surface area contributed by atoms with E-state index in [0.29, 0.717) is 6.04 Å². The van der Waals surface area contributed by atoms with Gasteiger partial charge in [0.2, 0.25) is 0 Å². The van der Waals surface area contributed by atoms with E-state index in [4.69, 9.17) is 0 Å². The van der Waals surface area contributed by atoms with Gasteiger partial charge in [0.1, 0.15) is 5.82 Å². The van der Waals surface area contributed by atoms with E-state index in [1.54, 1.807) is 12.1 Å². The first-order chi connectivity index (χ1) is 11.4. The molecule has 2 rings (SSSR count). The fourth-order valence-corrected chi connectivity index (χ4v) is 2.93. The van der Waals surface area contributed by atoms with E-state index in [9.17, 15) is 4.39 Å². The van der Waals surface area contributed by atoms with Crippen LogP contribution in [0.1, 0.15) is 26.7 Å². The molecule has 1 aromatic carbocycles. The summed E-state index contributed by atoms with van der Waals surface area (Å²) < 4.78 is 13.5. The molecule has 0 atom stereocenters. The smallest absolute Gasteiger partial charge is 0.191 e. The molecule has 0 radical (unpaired) electrons. The zero-order chi connectivity index (χ0) is 17.6. The van der Waals surface area contributed by atoms with E-state index in [0.717, 1.165) is 44.1 Å². The van der Waals surface area contributed by atoms with Gasteiger partial charge in [0.25, 0.3) is 0 Å². The highest BCUT2D eigenvalue weighted by atomic mass is 32.2. The van der Waals surface area contributed by atoms with Crippen molar-refractivity contribution in [3.8, 4) is 0 Å². The quantitative estimate of drug-likeness (QED) is 0.631. The second kappa shape index (κ2) is 8.60. The van der Waals surface area contributed by atoms with E-state index in [1.165, 1.54) is 6.07 Å². The van der Waals surface area contributed by atoms with Gasteiger partial charge in [-0.25, -0.2) is 4.39 Å². The lowest BCUT2D eigenvalue weighted by molar-refractivity contribution is 0.460. The summed E-state index contributed by atoms with van der Waals surface area (Å²) in [4.78, 5) is 6.57. The average Bonchev–Trinajstić information content (AvgIpc) is 2.59. The van der Waals surface area contributed by atoms with Crippen molar-refractivity contribution in [3.63, 3.8) is 0 Å². The highest BCUT2D eigenvalue weighted by Gasteiger charge is 2.21. The number of benzene rings is 1. The molecule has 2 N–H and O–H groups in total. The molecule has 1 fully saturated rings. The molecule has 6 heteroatoms. The molecule has 0 saturated carbocycles. The number of hydrogen-bond donors (Lipinski definition) is 2. The lowest BCUT2D eigenvalue weighted by Crippen LogP contribution is -2.50. The SMILES string of the molecule is CN=C(NCC(C)(C)SC)NC1CCN(c2cccc(F)c2)CC1. The Kier molecular flexibility index (Phi) is 6.78. The summed E-state index contributed by atoms with van der Waals surface area (Å²) in [6, 6.07) is 7.25. The lowest BCUT2D eigenvalue weighted by Gasteiger charge is -2.35. The van der Waals surface area contributed by atoms with Crippen LogP contribution in [0.25, 0.3) is 0 Å². The van der Waals surface area contributed by atoms with Crippen LogP contribution in [-0.4, -0.2) is 49.7 Å². The zero-order valence-corrected chi connectivity index (χ0v) is 15.9. The standard InChI is InChI=1S/C18H29FN4S/c1-18(2,24-4)13-21-17(20-3)22-15-8-10-23(11-9-15)16-7-5-6-14(19)12-16/h5-7,12,15H,8-11,13H2,1-4H3,(H2,20,21,22). The van der Waals surface area contributed by atoms with Gasteiger partial charge < -0.3 is 15.5 Å². The van der Waals surface area contributed by atoms with Crippen LogP contribution < -0.4 is 15.5 Å². The Morgan fingerprint density at radius 3 is 2.67 bits per heavy atom. The van der Waals surface area contributed by atoms with Gasteiger partial charge in [0.05, 0.1) is 0 Å². The van der Waals surface area contributed by atoms with Gasteiger partial charge in [-0.2, -0.15) is 11.8 Å². The molecule has 1 saturated heterocycles. The monoisotopic (exact) mass is 352 g/mol. The molecular formula is C18H29FN4S. The maximum Gasteiger partial charge on any atom is 0.191 e. The van der Waals surface area contributed by atoms with Gasteiger partial charge >= 0.3 is 0 Å². The zero-order valence-electron chi connectivity index (χ0n) is 15.1. The Morgan fingerprint density at radius 2 is 2.08 bits per heavy atom. The first-order valence-electron chi connectivity index (χ1n) is 8.46. The van der Waals surface area contributed by atoms with Crippen LogP contribution in [0, 0.1) is 5.82 Å². The van der Waals surface area contributed by atoms with Crippen LogP contribution in [0.5, 0.6) is 0 Å². The Hall–Kier alpha value is -1.43. The minimum Gasteiger partial charge on any atom is -0.371 e. The maximum atomic E-state index is 13.4. The number of rotatable bonds is 5. The second-order valence-electron chi connectivity index (χ2n) is 6.78. The van der Waals surface area contributed by atoms with Gasteiger partial charge in [-0.1, -0.05) is 6.07 Å². The number of nitrogens with zero attached hydrogens (tertiary/aromatic N) is 2. The summed E-state index contributed by atoms with van der Waals surface area (Å²) >= 11 is 1.84. The highest BCUT2D eigenvalue weighted by Crippen LogP contribution is 2.21. The van der Waals surface area contributed by atoms with Crippen LogP contribution >= 0.6 is 11.8 Å². The third-order valence-electron chi connectivity index (χ3n) is 4.47. The summed E-state index contributed by atoms with van der Waals surface area (Å²) in [5, 5.41) is 6.93. The van der Waals surface area contributed by atoms with Crippen LogP contribution in [-0.2, 0) is 0 Å². The molecule has 24 heavy (non-hydrogen) atoms. The number of anilines is 1. The van der Waals surface area contributed by atoms with Crippen molar-refractivity contribution in [2.75, 3.05) is 37.8 Å². The van der Waals surface area contributed by atoms with Gasteiger partial charge in [-0.05, 0) is 51.1 Å². The highest BCUT2D eigenvalue weighted by molar-refractivity contribution is 7.99. The molecule has 0 unspecified atom stereocenters. The molecule has 0 aliphatic carbocycles. The van der Waals surface area contributed by atoms with E-state index in [-0.39, 0.29) is 10.6 Å². The molecule has 1 heterocycles. The van der Waals surface area contributed by atoms with Crippen molar-refractivity contribution in [2.45, 2.75) is 37.5 Å². The molecule has 0 amide bonds. The molecule has 0 spiro atoms. The predicted octanol–water partition coefficient (Wildman–Crippen LogP) is 3.10. The predicted molar refractivity (Wildman–Crippen MR) is 104 cm³/mol. The van der Waals surface area contributed by atoms with Crippen molar-refractivity contribution in [3.05, 3.63) is 30.1 Å². The Balaban J connectivity index is 1.81. The summed E-state index contributed by atoms with van der Waals surface area (Å²) in [5.41, 5.74) is 0.970. The van der Waals surface area contributed by atoms with Crippen LogP contribution in [0.15, 0.2) is 29.3 Å². The summed E-state index contributed by atoms with van der Waals surface area (Å²) in [5.74, 6) is 0.690. The molecule has 1 aliphatic rings. The maximum absolute atomic E-state index is 13.4. The second-order valence-corrected chi connectivity index (χ2v) is 8.29. The van der Waals surface area contributed by atoms with Crippen molar-refractivity contribution in [1.29, 1.82) is 0 Å². The Morgan fingerprint density at radius 1 is 1.38 bits per heavy atom. The minimum atomic E-state index is -0.172. The number of aliphatic imine (C=N–C) groups is 1. The molecule has 4 nitrogen and oxygen atoms in total. The normalized spacial score (nSPS) is 17.0. The summed E-state index contributed by atoms with van der Waals surface area (Å²) in [6.07, 6.45) is 4.16. The van der Waals surface area contributed by atoms with Gasteiger partial charge in [-0.3, -0.25) is 4.99 Å². The van der Waals surface area contributed by atoms with Crippen molar-refractivity contribution in [2.24, 2.45) is 4.99 Å². The topological polar surface area (TPSA) is 39.7 Å². The summed E-state index contributed by atoms with van der Waals surface area (Å²) in [6.45, 7) is 7.16. The van der Waals surface area contributed by atoms with E-state index >= 15 is 0 Å². The minimum absolute atomic E-state index is 0.172. The van der Waals surface area contributed by atoms with Gasteiger partial charge in [0.15, 0.2) is 5.96 Å². The van der Waals surface area contributed by atoms with Crippen LogP contribution in [0.2, 0.25) is 0 Å². The number of guanidine groups is 1. The fraction of sp³-hybridized carbons (Fsp3) is 0.611. The molecule has 0 bridgehead atoms. The third kappa shape index (κ3) is 5.58. The molecule has 0 aromatic heterocycles. The van der Waals surface area contributed by atoms with Gasteiger partial charge in [-0.15, -0.1) is 0 Å². The largest absolute Gasteiger partial charge is 0.371 e. The first kappa shape index (κ1) is 18.9. The van der Waals surface area contributed by atoms with Crippen molar-refractivity contribution in [1.82, 2.24) is 10.6 Å². The number of thioether (sulfide) groups is 1. The van der Waals surface area contributed by atoms with Gasteiger partial charge in [0, 0.05) is 43.2 Å². The van der Waals surface area contributed by atoms with Crippen molar-refractivity contribution >= 4 is 23.4 Å². The van der Waals surface area contributed by atoms with E-state index in [1.807, 2.05) is 24.9 Å². The third-order valence-corrected chi connectivity index (χ3v) is 5.72. The molecule has 134 valence electrons. The number of hydrogen-bond acceptors (Lipinski definition) is 3. The van der Waals surface area contributed by atoms with Crippen LogP contribution in [0.4, 0.5) is 10.1 Å². The molecule has 1 aromatic rings. The average molecular weight is 353 g/mol. The lowest BCUT2D eigenvalue weighted by atomic mass is 10.0. The van der Waals surface area contributed by atoms with Crippen molar-refractivity contribution < 1.29 is 4.39 Å². The van der Waals surface area contributed by atoms with E-state index in [2.05, 4.69) is 40.6 Å². The number of nitrogens with one attached hydrogen (secondary N) is 2. The Labute approximate surface area is 149 Å². The number of halogens is 1. The van der Waals surface area contributed by atoms with Crippen LogP contribution in [0.3, 0.4) is 0 Å².